The van der Waals surface area contributed by atoms with E-state index in [1.54, 1.807) is 37.2 Å². The molecule has 3 saturated heterocycles. The number of nitrogens with one attached hydrogen (secondary N) is 2. The molecule has 10 rings (SSSR count). The highest BCUT2D eigenvalue weighted by molar-refractivity contribution is 7.92. The van der Waals surface area contributed by atoms with Crippen LogP contribution in [0.15, 0.2) is 60.9 Å². The summed E-state index contributed by atoms with van der Waals surface area (Å²) in [5, 5.41) is 28.1. The molecule has 404 valence electrons. The van der Waals surface area contributed by atoms with E-state index in [-0.39, 0.29) is 64.7 Å². The first-order valence-electron chi connectivity index (χ1n) is 24.8. The normalized spacial score (nSPS) is 18.9. The topological polar surface area (TPSA) is 244 Å². The molecule has 0 spiro atoms. The Labute approximate surface area is 464 Å². The van der Waals surface area contributed by atoms with Crippen LogP contribution in [0.2, 0.25) is 15.2 Å². The Morgan fingerprint density at radius 3 is 1.53 bits per heavy atom. The third-order valence-corrected chi connectivity index (χ3v) is 15.7. The molecule has 0 bridgehead atoms. The van der Waals surface area contributed by atoms with Gasteiger partial charge >= 0.3 is 0 Å². The van der Waals surface area contributed by atoms with Crippen LogP contribution in [0.3, 0.4) is 0 Å². The van der Waals surface area contributed by atoms with Gasteiger partial charge in [0, 0.05) is 77.8 Å². The minimum atomic E-state index is -3.59. The fraction of sp³-hybridized carbons (Fsp3) is 0.451. The fourth-order valence-electron chi connectivity index (χ4n) is 10.0. The van der Waals surface area contributed by atoms with E-state index in [1.807, 2.05) is 32.2 Å². The van der Waals surface area contributed by atoms with E-state index in [4.69, 9.17) is 50.1 Å². The number of hydrogen-bond acceptors (Lipinski definition) is 13. The van der Waals surface area contributed by atoms with Crippen LogP contribution in [0.25, 0.3) is 11.3 Å². The standard InChI is InChI=1S/C25H28ClN7O3S.C20H21Cl2N5O3S.C6H9N.ClH/c1-16-14-33-23(28-24(16)31-10-8-17(13-27)15-31)12-21(29-33)22-5-3-4-9-32(22)25(34)19-11-18(26)6-7-20(19)30-37(2,35)36;1-12-11-27-18(23-19(12)22)10-16(24-27)17-5-3-4-8-26(17)20(28)14-9-13(21)6-7-15(14)25-31(2,29)30;7-5-6-3-1-2-4-6;/h6-7,11-12,14,17,22,30H,3-5,8-10,15H2,1-2H3;6-7,9-11,17,25H,3-5,8H2,1-2H3;6H,1-4H2;1H/t17-,22-;17-;;/m00../s1. The van der Waals surface area contributed by atoms with Gasteiger partial charge in [0.15, 0.2) is 11.3 Å². The highest BCUT2D eigenvalue weighted by atomic mass is 35.5. The van der Waals surface area contributed by atoms with Gasteiger partial charge in [0.05, 0.1) is 76.5 Å². The third-order valence-electron chi connectivity index (χ3n) is 13.6. The van der Waals surface area contributed by atoms with Crippen molar-refractivity contribution in [2.45, 2.75) is 96.6 Å². The molecule has 6 aromatic rings. The predicted molar refractivity (Wildman–Crippen MR) is 296 cm³/mol. The molecule has 7 heterocycles. The summed E-state index contributed by atoms with van der Waals surface area (Å²) in [6.45, 7) is 6.32. The number of rotatable bonds is 9. The maximum absolute atomic E-state index is 13.7. The van der Waals surface area contributed by atoms with Crippen molar-refractivity contribution in [2.75, 3.05) is 53.0 Å². The van der Waals surface area contributed by atoms with E-state index >= 15 is 0 Å². The lowest BCUT2D eigenvalue weighted by Crippen LogP contribution is -2.39. The zero-order valence-corrected chi connectivity index (χ0v) is 47.1. The molecule has 4 aromatic heterocycles. The average molecular weight is 1160 g/mol. The average Bonchev–Trinajstić information content (AvgIpc) is 4.22. The number of hydrogen-bond donors (Lipinski definition) is 2. The van der Waals surface area contributed by atoms with E-state index in [1.165, 1.54) is 37.1 Å². The van der Waals surface area contributed by atoms with Crippen molar-refractivity contribution in [1.29, 1.82) is 10.5 Å². The van der Waals surface area contributed by atoms with Gasteiger partial charge in [0.2, 0.25) is 20.0 Å². The van der Waals surface area contributed by atoms with Crippen molar-refractivity contribution < 1.29 is 26.4 Å². The maximum atomic E-state index is 13.7. The monoisotopic (exact) mass is 1150 g/mol. The molecule has 2 amide bonds. The summed E-state index contributed by atoms with van der Waals surface area (Å²) in [4.78, 5) is 42.1. The molecule has 76 heavy (non-hydrogen) atoms. The summed E-state index contributed by atoms with van der Waals surface area (Å²) in [6.07, 6.45) is 16.5. The number of halogens is 4. The van der Waals surface area contributed by atoms with Gasteiger partial charge in [0.25, 0.3) is 11.8 Å². The van der Waals surface area contributed by atoms with Gasteiger partial charge in [-0.3, -0.25) is 19.0 Å². The number of anilines is 3. The number of likely N-dealkylation sites (tertiary alicyclic amines) is 2. The molecule has 19 nitrogen and oxygen atoms in total. The summed E-state index contributed by atoms with van der Waals surface area (Å²) < 4.78 is 55.6. The minimum Gasteiger partial charge on any atom is -0.355 e. The van der Waals surface area contributed by atoms with Crippen LogP contribution >= 0.6 is 47.2 Å². The molecular formula is C51H59Cl4N13O6S2. The molecule has 3 aliphatic heterocycles. The summed E-state index contributed by atoms with van der Waals surface area (Å²) >= 11 is 18.5. The minimum absolute atomic E-state index is 0. The molecule has 2 aromatic carbocycles. The number of nitrogens with zero attached hydrogens (tertiary/aromatic N) is 11. The molecule has 2 N–H and O–H groups in total. The summed E-state index contributed by atoms with van der Waals surface area (Å²) in [5.74, 6) is 0.648. The van der Waals surface area contributed by atoms with Crippen LogP contribution in [0, 0.1) is 48.3 Å². The lowest BCUT2D eigenvalue weighted by Gasteiger charge is -2.35. The lowest BCUT2D eigenvalue weighted by molar-refractivity contribution is 0.0600. The second kappa shape index (κ2) is 24.6. The lowest BCUT2D eigenvalue weighted by atomic mass is 9.98. The molecule has 4 fully saturated rings. The van der Waals surface area contributed by atoms with Crippen molar-refractivity contribution in [2.24, 2.45) is 11.8 Å². The van der Waals surface area contributed by atoms with Gasteiger partial charge in [-0.15, -0.1) is 12.4 Å². The summed E-state index contributed by atoms with van der Waals surface area (Å²) in [7, 11) is -7.16. The largest absolute Gasteiger partial charge is 0.355 e. The molecule has 1 saturated carbocycles. The number of sulfonamides is 2. The van der Waals surface area contributed by atoms with Crippen LogP contribution in [-0.4, -0.2) is 106 Å². The second-order valence-corrected chi connectivity index (χ2v) is 24.3. The van der Waals surface area contributed by atoms with Crippen molar-refractivity contribution >= 4 is 108 Å². The van der Waals surface area contributed by atoms with Gasteiger partial charge in [-0.2, -0.15) is 20.7 Å². The smallest absolute Gasteiger partial charge is 0.256 e. The van der Waals surface area contributed by atoms with E-state index in [9.17, 15) is 31.7 Å². The van der Waals surface area contributed by atoms with E-state index in [0.717, 1.165) is 99.5 Å². The number of carbonyl (C=O) groups excluding carboxylic acids is 2. The number of piperidine rings is 2. The first kappa shape index (κ1) is 57.8. The Morgan fingerprint density at radius 2 is 1.08 bits per heavy atom. The zero-order chi connectivity index (χ0) is 53.8. The number of aromatic nitrogens is 6. The van der Waals surface area contributed by atoms with Gasteiger partial charge in [-0.05, 0) is 108 Å². The van der Waals surface area contributed by atoms with Gasteiger partial charge < -0.3 is 14.7 Å². The number of nitriles is 2. The molecular weight excluding hydrogens is 1100 g/mol. The molecule has 25 heteroatoms. The van der Waals surface area contributed by atoms with Crippen molar-refractivity contribution in [3.8, 4) is 12.1 Å². The van der Waals surface area contributed by atoms with Crippen molar-refractivity contribution in [1.82, 2.24) is 39.0 Å². The zero-order valence-electron chi connectivity index (χ0n) is 42.4. The van der Waals surface area contributed by atoms with Crippen LogP contribution in [0.4, 0.5) is 17.2 Å². The van der Waals surface area contributed by atoms with E-state index in [2.05, 4.69) is 36.6 Å². The van der Waals surface area contributed by atoms with Crippen LogP contribution in [-0.2, 0) is 20.0 Å². The Hall–Kier alpha value is -5.94. The van der Waals surface area contributed by atoms with Crippen LogP contribution < -0.4 is 14.3 Å². The van der Waals surface area contributed by atoms with Crippen LogP contribution in [0.1, 0.15) is 126 Å². The third kappa shape index (κ3) is 14.0. The van der Waals surface area contributed by atoms with Crippen molar-refractivity contribution in [3.05, 3.63) is 110 Å². The summed E-state index contributed by atoms with van der Waals surface area (Å²) in [6, 6.07) is 16.9. The highest BCUT2D eigenvalue weighted by Crippen LogP contribution is 2.37. The molecule has 0 unspecified atom stereocenters. The predicted octanol–water partition coefficient (Wildman–Crippen LogP) is 9.99. The molecule has 4 aliphatic rings. The van der Waals surface area contributed by atoms with E-state index < -0.39 is 20.0 Å². The SMILES string of the molecule is Cc1cn2nc([C@@H]3CCCCN3C(=O)c3cc(Cl)ccc3NS(C)(=O)=O)cc2nc1Cl.Cc1cn2nc([C@@H]3CCCCN3C(=O)c3cc(Cl)ccc3NS(C)(=O)=O)cc2nc1N1CC[C@@H](C#N)C1.Cl.N#CC1CCCC1. The first-order chi connectivity index (χ1) is 35.7. The van der Waals surface area contributed by atoms with Gasteiger partial charge in [-0.1, -0.05) is 47.6 Å². The number of amides is 2. The first-order valence-corrected chi connectivity index (χ1v) is 29.7. The second-order valence-electron chi connectivity index (χ2n) is 19.5. The Kier molecular flexibility index (Phi) is 18.7. The Bertz CT molecular complexity index is 3410. The quantitative estimate of drug-likeness (QED) is 0.128. The van der Waals surface area contributed by atoms with Gasteiger partial charge in [-0.25, -0.2) is 35.8 Å². The number of benzene rings is 2. The number of aryl methyl sites for hydroxylation is 2. The Morgan fingerprint density at radius 1 is 0.618 bits per heavy atom. The Balaban J connectivity index is 0.000000196. The van der Waals surface area contributed by atoms with Gasteiger partial charge in [0.1, 0.15) is 11.0 Å². The van der Waals surface area contributed by atoms with Crippen molar-refractivity contribution in [3.63, 3.8) is 0 Å². The summed E-state index contributed by atoms with van der Waals surface area (Å²) in [5.41, 5.74) is 5.27. The molecule has 1 aliphatic carbocycles. The molecule has 3 atom stereocenters. The number of carbonyl (C=O) groups is 2. The maximum Gasteiger partial charge on any atom is 0.256 e. The number of fused-ring (bicyclic) bond motifs is 2. The fourth-order valence-corrected chi connectivity index (χ4v) is 11.7. The highest BCUT2D eigenvalue weighted by Gasteiger charge is 2.35. The van der Waals surface area contributed by atoms with E-state index in [0.29, 0.717) is 57.7 Å². The van der Waals surface area contributed by atoms with Crippen LogP contribution in [0.5, 0.6) is 0 Å². The molecule has 0 radical (unpaired) electrons.